The van der Waals surface area contributed by atoms with Gasteiger partial charge >= 0.3 is 0 Å². The number of hydrogen-bond donors (Lipinski definition) is 1. The standard InChI is InChI=1S/C26H24N2O4S/c1-17-8-4-6-10-22(17)32-16-19-14-18(12-13-23(19)30-2)15-20-25(29)28(26(33)27-20)21-9-5-7-11-24(21)31-3/h4-15H,16H2,1-3H3,(H,27,33)/b20-15+. The number of aryl methyl sites for hydroxylation is 1. The monoisotopic (exact) mass is 460 g/mol. The average molecular weight is 461 g/mol. The van der Waals surface area contributed by atoms with E-state index in [1.165, 1.54) is 4.90 Å². The highest BCUT2D eigenvalue weighted by Crippen LogP contribution is 2.32. The van der Waals surface area contributed by atoms with Gasteiger partial charge in [-0.1, -0.05) is 36.4 Å². The highest BCUT2D eigenvalue weighted by Gasteiger charge is 2.33. The van der Waals surface area contributed by atoms with E-state index in [9.17, 15) is 4.79 Å². The first kappa shape index (κ1) is 22.4. The molecule has 0 saturated carbocycles. The molecule has 0 spiro atoms. The molecule has 0 aromatic heterocycles. The van der Waals surface area contributed by atoms with Gasteiger partial charge in [0.1, 0.15) is 29.6 Å². The first-order valence-electron chi connectivity index (χ1n) is 10.4. The van der Waals surface area contributed by atoms with Gasteiger partial charge in [0.2, 0.25) is 0 Å². The third-order valence-electron chi connectivity index (χ3n) is 5.30. The van der Waals surface area contributed by atoms with E-state index in [1.807, 2.05) is 61.5 Å². The molecule has 0 radical (unpaired) electrons. The van der Waals surface area contributed by atoms with Gasteiger partial charge in [0.25, 0.3) is 5.91 Å². The van der Waals surface area contributed by atoms with Crippen LogP contribution in [0.2, 0.25) is 0 Å². The molecule has 0 bridgehead atoms. The van der Waals surface area contributed by atoms with E-state index in [0.717, 1.165) is 22.4 Å². The summed E-state index contributed by atoms with van der Waals surface area (Å²) in [7, 11) is 3.18. The second-order valence-corrected chi connectivity index (χ2v) is 7.81. The highest BCUT2D eigenvalue weighted by atomic mass is 32.1. The zero-order valence-electron chi connectivity index (χ0n) is 18.6. The van der Waals surface area contributed by atoms with Gasteiger partial charge in [-0.15, -0.1) is 0 Å². The molecule has 33 heavy (non-hydrogen) atoms. The summed E-state index contributed by atoms with van der Waals surface area (Å²) in [6.45, 7) is 2.33. The SMILES string of the molecule is COc1ccc(/C=C2/NC(=S)N(c3ccccc3OC)C2=O)cc1COc1ccccc1C. The molecule has 1 aliphatic heterocycles. The van der Waals surface area contributed by atoms with E-state index >= 15 is 0 Å². The lowest BCUT2D eigenvalue weighted by Gasteiger charge is -2.17. The number of para-hydroxylation sites is 3. The van der Waals surface area contributed by atoms with Crippen LogP contribution in [-0.4, -0.2) is 25.2 Å². The molecule has 0 unspecified atom stereocenters. The number of hydrogen-bond acceptors (Lipinski definition) is 5. The third-order valence-corrected chi connectivity index (χ3v) is 5.58. The molecule has 7 heteroatoms. The van der Waals surface area contributed by atoms with Gasteiger partial charge in [-0.05, 0) is 66.7 Å². The fourth-order valence-corrected chi connectivity index (χ4v) is 3.90. The van der Waals surface area contributed by atoms with Crippen LogP contribution in [0.4, 0.5) is 5.69 Å². The van der Waals surface area contributed by atoms with Crippen LogP contribution in [0.5, 0.6) is 17.2 Å². The Bertz CT molecular complexity index is 1240. The molecular weight excluding hydrogens is 436 g/mol. The summed E-state index contributed by atoms with van der Waals surface area (Å²) in [5, 5.41) is 3.31. The number of rotatable bonds is 7. The molecule has 4 rings (SSSR count). The van der Waals surface area contributed by atoms with Gasteiger partial charge in [-0.3, -0.25) is 4.79 Å². The van der Waals surface area contributed by atoms with Crippen LogP contribution in [0, 0.1) is 6.92 Å². The normalized spacial score (nSPS) is 14.4. The number of nitrogens with one attached hydrogen (secondary N) is 1. The Kier molecular flexibility index (Phi) is 6.60. The lowest BCUT2D eigenvalue weighted by atomic mass is 10.1. The molecule has 1 saturated heterocycles. The van der Waals surface area contributed by atoms with Crippen LogP contribution in [0.3, 0.4) is 0 Å². The third kappa shape index (κ3) is 4.68. The predicted molar refractivity (Wildman–Crippen MR) is 133 cm³/mol. The number of ether oxygens (including phenoxy) is 3. The minimum absolute atomic E-state index is 0.252. The second-order valence-electron chi connectivity index (χ2n) is 7.43. The quantitative estimate of drug-likeness (QED) is 0.402. The zero-order valence-corrected chi connectivity index (χ0v) is 19.4. The van der Waals surface area contributed by atoms with Crippen molar-refractivity contribution in [3.63, 3.8) is 0 Å². The van der Waals surface area contributed by atoms with Crippen molar-refractivity contribution in [3.05, 3.63) is 89.1 Å². The van der Waals surface area contributed by atoms with Crippen LogP contribution < -0.4 is 24.4 Å². The fourth-order valence-electron chi connectivity index (χ4n) is 3.61. The lowest BCUT2D eigenvalue weighted by molar-refractivity contribution is -0.113. The van der Waals surface area contributed by atoms with Crippen LogP contribution in [0.15, 0.2) is 72.4 Å². The fraction of sp³-hybridized carbons (Fsp3) is 0.154. The largest absolute Gasteiger partial charge is 0.496 e. The molecule has 1 fully saturated rings. The minimum Gasteiger partial charge on any atom is -0.496 e. The summed E-state index contributed by atoms with van der Waals surface area (Å²) in [6, 6.07) is 20.8. The molecular formula is C26H24N2O4S. The summed E-state index contributed by atoms with van der Waals surface area (Å²) in [5.41, 5.74) is 3.71. The van der Waals surface area contributed by atoms with Crippen LogP contribution in [0.1, 0.15) is 16.7 Å². The zero-order chi connectivity index (χ0) is 23.4. The molecule has 0 aliphatic carbocycles. The number of carbonyl (C=O) groups is 1. The maximum Gasteiger partial charge on any atom is 0.281 e. The molecule has 1 aliphatic rings. The summed E-state index contributed by atoms with van der Waals surface area (Å²) in [4.78, 5) is 14.6. The van der Waals surface area contributed by atoms with Crippen molar-refractivity contribution in [2.45, 2.75) is 13.5 Å². The molecule has 3 aromatic rings. The van der Waals surface area contributed by atoms with Crippen LogP contribution in [-0.2, 0) is 11.4 Å². The predicted octanol–water partition coefficient (Wildman–Crippen LogP) is 4.85. The average Bonchev–Trinajstić information content (AvgIpc) is 3.11. The van der Waals surface area contributed by atoms with Crippen molar-refractivity contribution in [2.24, 2.45) is 0 Å². The van der Waals surface area contributed by atoms with E-state index in [-0.39, 0.29) is 5.91 Å². The first-order valence-corrected chi connectivity index (χ1v) is 10.8. The summed E-state index contributed by atoms with van der Waals surface area (Å²) in [6.07, 6.45) is 1.76. The number of nitrogens with zero attached hydrogens (tertiary/aromatic N) is 1. The molecule has 1 amide bonds. The van der Waals surface area contributed by atoms with E-state index < -0.39 is 0 Å². The van der Waals surface area contributed by atoms with Gasteiger partial charge in [0.15, 0.2) is 5.11 Å². The number of benzene rings is 3. The first-order chi connectivity index (χ1) is 16.0. The van der Waals surface area contributed by atoms with Crippen LogP contribution >= 0.6 is 12.2 Å². The van der Waals surface area contributed by atoms with Crippen molar-refractivity contribution in [3.8, 4) is 17.2 Å². The van der Waals surface area contributed by atoms with E-state index in [0.29, 0.717) is 34.6 Å². The summed E-state index contributed by atoms with van der Waals surface area (Å²) >= 11 is 5.43. The van der Waals surface area contributed by atoms with E-state index in [1.54, 1.807) is 32.4 Å². The molecule has 0 atom stereocenters. The van der Waals surface area contributed by atoms with Gasteiger partial charge in [0.05, 0.1) is 19.9 Å². The summed E-state index contributed by atoms with van der Waals surface area (Å²) in [5.74, 6) is 1.84. The second kappa shape index (κ2) is 9.75. The van der Waals surface area contributed by atoms with Gasteiger partial charge in [0, 0.05) is 5.56 Å². The number of carbonyl (C=O) groups excluding carboxylic acids is 1. The molecule has 1 N–H and O–H groups in total. The van der Waals surface area contributed by atoms with Crippen LogP contribution in [0.25, 0.3) is 6.08 Å². The topological polar surface area (TPSA) is 60.0 Å². The number of anilines is 1. The number of amides is 1. The molecule has 1 heterocycles. The Hall–Kier alpha value is -3.84. The number of methoxy groups -OCH3 is 2. The summed E-state index contributed by atoms with van der Waals surface area (Å²) < 4.78 is 16.9. The lowest BCUT2D eigenvalue weighted by Crippen LogP contribution is -2.30. The van der Waals surface area contributed by atoms with Gasteiger partial charge in [-0.2, -0.15) is 0 Å². The highest BCUT2D eigenvalue weighted by molar-refractivity contribution is 7.80. The van der Waals surface area contributed by atoms with Crippen molar-refractivity contribution >= 4 is 35.0 Å². The van der Waals surface area contributed by atoms with Gasteiger partial charge < -0.3 is 19.5 Å². The molecule has 6 nitrogen and oxygen atoms in total. The minimum atomic E-state index is -0.252. The molecule has 3 aromatic carbocycles. The number of thiocarbonyl (C=S) groups is 1. The maximum atomic E-state index is 13.1. The maximum absolute atomic E-state index is 13.1. The Morgan fingerprint density at radius 3 is 2.36 bits per heavy atom. The van der Waals surface area contributed by atoms with Crippen molar-refractivity contribution in [1.82, 2.24) is 5.32 Å². The van der Waals surface area contributed by atoms with Crippen molar-refractivity contribution in [2.75, 3.05) is 19.1 Å². The van der Waals surface area contributed by atoms with Gasteiger partial charge in [-0.25, -0.2) is 4.90 Å². The van der Waals surface area contributed by atoms with Crippen molar-refractivity contribution in [1.29, 1.82) is 0 Å². The smallest absolute Gasteiger partial charge is 0.281 e. The Morgan fingerprint density at radius 2 is 1.64 bits per heavy atom. The molecule has 168 valence electrons. The van der Waals surface area contributed by atoms with E-state index in [4.69, 9.17) is 26.4 Å². The Labute approximate surface area is 198 Å². The van der Waals surface area contributed by atoms with E-state index in [2.05, 4.69) is 5.32 Å². The van der Waals surface area contributed by atoms with Crippen molar-refractivity contribution < 1.29 is 19.0 Å². The Balaban J connectivity index is 1.60. The Morgan fingerprint density at radius 1 is 0.939 bits per heavy atom.